The molecule has 0 amide bonds. The Hall–Kier alpha value is -1.39. The molecule has 3 nitrogen and oxygen atoms in total. The zero-order valence-corrected chi connectivity index (χ0v) is 12.1. The summed E-state index contributed by atoms with van der Waals surface area (Å²) in [5.74, 6) is -0.181. The molecule has 2 rings (SSSR count). The average molecular weight is 296 g/mol. The van der Waals surface area contributed by atoms with Crippen LogP contribution in [0.5, 0.6) is 0 Å². The standard InChI is InChI=1S/C14H14ClNO2S/c1-2-18-13(17)7-6-12-9-19-14(16-12)10-4-3-5-11(15)8-10/h3-5,8-9H,2,6-7H2,1H3. The number of carbonyl (C=O) groups is 1. The van der Waals surface area contributed by atoms with Gasteiger partial charge in [-0.05, 0) is 19.1 Å². The van der Waals surface area contributed by atoms with Gasteiger partial charge in [0.25, 0.3) is 0 Å². The van der Waals surface area contributed by atoms with Gasteiger partial charge in [0.2, 0.25) is 0 Å². The Morgan fingerprint density at radius 3 is 3.05 bits per heavy atom. The molecule has 0 unspecified atom stereocenters. The number of aryl methyl sites for hydroxylation is 1. The maximum absolute atomic E-state index is 11.3. The van der Waals surface area contributed by atoms with Gasteiger partial charge >= 0.3 is 5.97 Å². The van der Waals surface area contributed by atoms with E-state index in [1.54, 1.807) is 18.3 Å². The van der Waals surface area contributed by atoms with Crippen LogP contribution in [-0.2, 0) is 16.0 Å². The fraction of sp³-hybridized carbons (Fsp3) is 0.286. The van der Waals surface area contributed by atoms with Crippen molar-refractivity contribution in [2.24, 2.45) is 0 Å². The minimum Gasteiger partial charge on any atom is -0.466 e. The van der Waals surface area contributed by atoms with Crippen LogP contribution in [0.4, 0.5) is 0 Å². The number of halogens is 1. The van der Waals surface area contributed by atoms with E-state index in [0.29, 0.717) is 24.5 Å². The van der Waals surface area contributed by atoms with Crippen LogP contribution in [-0.4, -0.2) is 17.6 Å². The third kappa shape index (κ3) is 4.04. The van der Waals surface area contributed by atoms with Gasteiger partial charge in [0, 0.05) is 22.4 Å². The van der Waals surface area contributed by atoms with Crippen LogP contribution in [0.25, 0.3) is 10.6 Å². The molecule has 0 bridgehead atoms. The van der Waals surface area contributed by atoms with E-state index in [0.717, 1.165) is 16.3 Å². The maximum Gasteiger partial charge on any atom is 0.306 e. The largest absolute Gasteiger partial charge is 0.466 e. The Kier molecular flexibility index (Phi) is 4.93. The van der Waals surface area contributed by atoms with Crippen LogP contribution in [0.1, 0.15) is 19.0 Å². The van der Waals surface area contributed by atoms with Crippen molar-refractivity contribution in [1.82, 2.24) is 4.98 Å². The zero-order chi connectivity index (χ0) is 13.7. The molecule has 0 atom stereocenters. The van der Waals surface area contributed by atoms with Gasteiger partial charge in [0.15, 0.2) is 0 Å². The number of benzene rings is 1. The van der Waals surface area contributed by atoms with E-state index in [1.165, 1.54) is 0 Å². The molecule has 19 heavy (non-hydrogen) atoms. The molecular formula is C14H14ClNO2S. The highest BCUT2D eigenvalue weighted by Gasteiger charge is 2.08. The van der Waals surface area contributed by atoms with Gasteiger partial charge in [0.1, 0.15) is 5.01 Å². The molecule has 0 aliphatic carbocycles. The summed E-state index contributed by atoms with van der Waals surface area (Å²) in [5, 5.41) is 3.58. The molecule has 1 heterocycles. The van der Waals surface area contributed by atoms with Crippen molar-refractivity contribution < 1.29 is 9.53 Å². The van der Waals surface area contributed by atoms with Gasteiger partial charge in [-0.25, -0.2) is 4.98 Å². The van der Waals surface area contributed by atoms with E-state index in [9.17, 15) is 4.79 Å². The Balaban J connectivity index is 2.01. The van der Waals surface area contributed by atoms with Crippen LogP contribution in [0.15, 0.2) is 29.6 Å². The van der Waals surface area contributed by atoms with Gasteiger partial charge in [-0.2, -0.15) is 0 Å². The lowest BCUT2D eigenvalue weighted by Crippen LogP contribution is -2.05. The third-order valence-electron chi connectivity index (χ3n) is 2.51. The van der Waals surface area contributed by atoms with Crippen LogP contribution in [0.3, 0.4) is 0 Å². The van der Waals surface area contributed by atoms with Crippen molar-refractivity contribution in [2.45, 2.75) is 19.8 Å². The first-order valence-corrected chi connectivity index (χ1v) is 7.30. The predicted molar refractivity (Wildman–Crippen MR) is 77.5 cm³/mol. The number of rotatable bonds is 5. The average Bonchev–Trinajstić information content (AvgIpc) is 2.85. The van der Waals surface area contributed by atoms with Crippen molar-refractivity contribution in [3.8, 4) is 10.6 Å². The SMILES string of the molecule is CCOC(=O)CCc1csc(-c2cccc(Cl)c2)n1. The van der Waals surface area contributed by atoms with Crippen molar-refractivity contribution >= 4 is 28.9 Å². The molecule has 2 aromatic rings. The van der Waals surface area contributed by atoms with Crippen molar-refractivity contribution in [1.29, 1.82) is 0 Å². The highest BCUT2D eigenvalue weighted by molar-refractivity contribution is 7.13. The Labute approximate surface area is 121 Å². The smallest absolute Gasteiger partial charge is 0.306 e. The lowest BCUT2D eigenvalue weighted by atomic mass is 10.2. The van der Waals surface area contributed by atoms with E-state index in [1.807, 2.05) is 29.6 Å². The molecule has 100 valence electrons. The van der Waals surface area contributed by atoms with Crippen LogP contribution in [0.2, 0.25) is 5.02 Å². The van der Waals surface area contributed by atoms with Gasteiger partial charge in [-0.1, -0.05) is 23.7 Å². The summed E-state index contributed by atoms with van der Waals surface area (Å²) in [6, 6.07) is 7.59. The second-order valence-corrected chi connectivity index (χ2v) is 5.25. The molecule has 0 saturated heterocycles. The number of hydrogen-bond donors (Lipinski definition) is 0. The highest BCUT2D eigenvalue weighted by atomic mass is 35.5. The molecule has 0 N–H and O–H groups in total. The molecule has 1 aromatic carbocycles. The summed E-state index contributed by atoms with van der Waals surface area (Å²) < 4.78 is 4.89. The molecule has 0 aliphatic heterocycles. The highest BCUT2D eigenvalue weighted by Crippen LogP contribution is 2.26. The number of esters is 1. The first-order chi connectivity index (χ1) is 9.19. The van der Waals surface area contributed by atoms with E-state index in [-0.39, 0.29) is 5.97 Å². The van der Waals surface area contributed by atoms with Crippen molar-refractivity contribution in [3.05, 3.63) is 40.4 Å². The lowest BCUT2D eigenvalue weighted by molar-refractivity contribution is -0.143. The summed E-state index contributed by atoms with van der Waals surface area (Å²) in [5.41, 5.74) is 1.91. The predicted octanol–water partition coefficient (Wildman–Crippen LogP) is 3.96. The molecule has 5 heteroatoms. The molecule has 0 spiro atoms. The zero-order valence-electron chi connectivity index (χ0n) is 10.6. The topological polar surface area (TPSA) is 39.2 Å². The van der Waals surface area contributed by atoms with Crippen LogP contribution >= 0.6 is 22.9 Å². The molecule has 0 aliphatic rings. The van der Waals surface area contributed by atoms with Crippen molar-refractivity contribution in [2.75, 3.05) is 6.61 Å². The summed E-state index contributed by atoms with van der Waals surface area (Å²) in [4.78, 5) is 15.8. The van der Waals surface area contributed by atoms with Gasteiger partial charge in [0.05, 0.1) is 18.7 Å². The second kappa shape index (κ2) is 6.68. The lowest BCUT2D eigenvalue weighted by Gasteiger charge is -1.99. The third-order valence-corrected chi connectivity index (χ3v) is 3.69. The van der Waals surface area contributed by atoms with Crippen LogP contribution in [0, 0.1) is 0 Å². The summed E-state index contributed by atoms with van der Waals surface area (Å²) in [6.07, 6.45) is 0.975. The maximum atomic E-state index is 11.3. The van der Waals surface area contributed by atoms with Crippen molar-refractivity contribution in [3.63, 3.8) is 0 Å². The summed E-state index contributed by atoms with van der Waals surface area (Å²) in [7, 11) is 0. The number of hydrogen-bond acceptors (Lipinski definition) is 4. The number of aromatic nitrogens is 1. The van der Waals surface area contributed by atoms with E-state index >= 15 is 0 Å². The first kappa shape index (κ1) is 14.0. The first-order valence-electron chi connectivity index (χ1n) is 6.05. The Morgan fingerprint density at radius 2 is 2.32 bits per heavy atom. The summed E-state index contributed by atoms with van der Waals surface area (Å²) >= 11 is 7.51. The molecule has 1 aromatic heterocycles. The number of nitrogens with zero attached hydrogens (tertiary/aromatic N) is 1. The second-order valence-electron chi connectivity index (χ2n) is 3.96. The normalized spacial score (nSPS) is 10.4. The monoisotopic (exact) mass is 295 g/mol. The Bertz CT molecular complexity index is 568. The molecule has 0 radical (unpaired) electrons. The fourth-order valence-corrected chi connectivity index (χ4v) is 2.68. The van der Waals surface area contributed by atoms with E-state index in [2.05, 4.69) is 4.98 Å². The minimum atomic E-state index is -0.181. The molecule has 0 fully saturated rings. The summed E-state index contributed by atoms with van der Waals surface area (Å²) in [6.45, 7) is 2.22. The number of thiazole rings is 1. The number of carbonyl (C=O) groups excluding carboxylic acids is 1. The quantitative estimate of drug-likeness (QED) is 0.784. The van der Waals surface area contributed by atoms with E-state index in [4.69, 9.17) is 16.3 Å². The minimum absolute atomic E-state index is 0.181. The van der Waals surface area contributed by atoms with Crippen LogP contribution < -0.4 is 0 Å². The molecule has 0 saturated carbocycles. The Morgan fingerprint density at radius 1 is 1.47 bits per heavy atom. The van der Waals surface area contributed by atoms with Gasteiger partial charge in [-0.15, -0.1) is 11.3 Å². The van der Waals surface area contributed by atoms with Gasteiger partial charge in [-0.3, -0.25) is 4.79 Å². The molecular weight excluding hydrogens is 282 g/mol. The van der Waals surface area contributed by atoms with E-state index < -0.39 is 0 Å². The number of ether oxygens (including phenoxy) is 1. The van der Waals surface area contributed by atoms with Gasteiger partial charge < -0.3 is 4.74 Å². The fourth-order valence-electron chi connectivity index (χ4n) is 1.64.